The summed E-state index contributed by atoms with van der Waals surface area (Å²) in [6, 6.07) is 12.3. The van der Waals surface area contributed by atoms with Crippen molar-refractivity contribution in [3.8, 4) is 16.4 Å². The molecule has 6 nitrogen and oxygen atoms in total. The van der Waals surface area contributed by atoms with Gasteiger partial charge in [0.1, 0.15) is 0 Å². The minimum atomic E-state index is 0.111. The van der Waals surface area contributed by atoms with Crippen molar-refractivity contribution in [2.24, 2.45) is 0 Å². The zero-order valence-corrected chi connectivity index (χ0v) is 16.6. The van der Waals surface area contributed by atoms with Crippen LogP contribution in [0.3, 0.4) is 0 Å². The predicted molar refractivity (Wildman–Crippen MR) is 108 cm³/mol. The minimum absolute atomic E-state index is 0.111. The van der Waals surface area contributed by atoms with Gasteiger partial charge in [0, 0.05) is 13.1 Å². The number of carbonyl (C=O) groups excluding carboxylic acids is 1. The van der Waals surface area contributed by atoms with Crippen molar-refractivity contribution in [3.63, 3.8) is 0 Å². The van der Waals surface area contributed by atoms with Gasteiger partial charge in [0.15, 0.2) is 11.0 Å². The number of aromatic nitrogens is 3. The molecular weight excluding hydrogens is 380 g/mol. The smallest absolute Gasteiger partial charge is 0.233 e. The SMILES string of the molecule is Cc1cccc(-n2c(SCC(=O)N3CCOCC3)nnc2-c2cccs2)c1. The highest BCUT2D eigenvalue weighted by molar-refractivity contribution is 7.99. The molecule has 3 aromatic rings. The van der Waals surface area contributed by atoms with E-state index in [2.05, 4.69) is 29.3 Å². The Morgan fingerprint density at radius 1 is 1.22 bits per heavy atom. The van der Waals surface area contributed by atoms with Gasteiger partial charge in [-0.05, 0) is 36.1 Å². The van der Waals surface area contributed by atoms with Crippen LogP contribution >= 0.6 is 23.1 Å². The lowest BCUT2D eigenvalue weighted by Gasteiger charge is -2.26. The number of benzene rings is 1. The van der Waals surface area contributed by atoms with Gasteiger partial charge in [-0.15, -0.1) is 21.5 Å². The number of aryl methyl sites for hydroxylation is 1. The number of nitrogens with zero attached hydrogens (tertiary/aromatic N) is 4. The summed E-state index contributed by atoms with van der Waals surface area (Å²) in [4.78, 5) is 15.4. The standard InChI is InChI=1S/C19H20N4O2S2/c1-14-4-2-5-15(12-14)23-18(16-6-3-11-26-16)20-21-19(23)27-13-17(24)22-7-9-25-10-8-22/h2-6,11-12H,7-10,13H2,1H3. The van der Waals surface area contributed by atoms with Crippen LogP contribution in [0.15, 0.2) is 46.9 Å². The highest BCUT2D eigenvalue weighted by Crippen LogP contribution is 2.30. The number of rotatable bonds is 5. The van der Waals surface area contributed by atoms with E-state index in [1.165, 1.54) is 17.3 Å². The number of amides is 1. The third kappa shape index (κ3) is 4.07. The fraction of sp³-hybridized carbons (Fsp3) is 0.316. The Balaban J connectivity index is 1.61. The summed E-state index contributed by atoms with van der Waals surface area (Å²) in [7, 11) is 0. The molecule has 4 rings (SSSR count). The fourth-order valence-electron chi connectivity index (χ4n) is 2.96. The molecule has 1 aliphatic heterocycles. The minimum Gasteiger partial charge on any atom is -0.378 e. The molecule has 0 spiro atoms. The molecule has 0 aliphatic carbocycles. The van der Waals surface area contributed by atoms with Gasteiger partial charge < -0.3 is 9.64 Å². The zero-order valence-electron chi connectivity index (χ0n) is 15.0. The van der Waals surface area contributed by atoms with E-state index in [1.807, 2.05) is 39.1 Å². The maximum absolute atomic E-state index is 12.5. The van der Waals surface area contributed by atoms with Crippen molar-refractivity contribution in [1.82, 2.24) is 19.7 Å². The molecule has 8 heteroatoms. The van der Waals surface area contributed by atoms with E-state index in [-0.39, 0.29) is 5.91 Å². The first-order valence-corrected chi connectivity index (χ1v) is 10.6. The van der Waals surface area contributed by atoms with Crippen LogP contribution < -0.4 is 0 Å². The third-order valence-corrected chi connectivity index (χ3v) is 6.10. The highest BCUT2D eigenvalue weighted by Gasteiger charge is 2.21. The first-order chi connectivity index (χ1) is 13.2. The molecule has 1 fully saturated rings. The average Bonchev–Trinajstić information content (AvgIpc) is 3.36. The van der Waals surface area contributed by atoms with E-state index in [1.54, 1.807) is 11.3 Å². The summed E-state index contributed by atoms with van der Waals surface area (Å²) in [6.45, 7) is 4.60. The van der Waals surface area contributed by atoms with Gasteiger partial charge in [-0.1, -0.05) is 30.0 Å². The van der Waals surface area contributed by atoms with Crippen LogP contribution in [-0.2, 0) is 9.53 Å². The molecule has 0 radical (unpaired) electrons. The summed E-state index contributed by atoms with van der Waals surface area (Å²) in [5.41, 5.74) is 2.17. The molecule has 2 aromatic heterocycles. The molecule has 0 bridgehead atoms. The Bertz CT molecular complexity index is 918. The van der Waals surface area contributed by atoms with Gasteiger partial charge >= 0.3 is 0 Å². The Hall–Kier alpha value is -2.16. The maximum Gasteiger partial charge on any atom is 0.233 e. The molecule has 0 atom stereocenters. The van der Waals surface area contributed by atoms with Gasteiger partial charge in [0.05, 0.1) is 29.5 Å². The van der Waals surface area contributed by atoms with Gasteiger partial charge in [-0.25, -0.2) is 0 Å². The largest absolute Gasteiger partial charge is 0.378 e. The third-order valence-electron chi connectivity index (χ3n) is 4.32. The molecule has 27 heavy (non-hydrogen) atoms. The van der Waals surface area contributed by atoms with Crippen molar-refractivity contribution >= 4 is 29.0 Å². The molecule has 1 saturated heterocycles. The van der Waals surface area contributed by atoms with E-state index >= 15 is 0 Å². The van der Waals surface area contributed by atoms with Crippen LogP contribution in [0.4, 0.5) is 0 Å². The molecule has 1 aromatic carbocycles. The first-order valence-electron chi connectivity index (χ1n) is 8.77. The Morgan fingerprint density at radius 3 is 2.81 bits per heavy atom. The average molecular weight is 401 g/mol. The van der Waals surface area contributed by atoms with Crippen LogP contribution in [0.1, 0.15) is 5.56 Å². The molecule has 0 N–H and O–H groups in total. The van der Waals surface area contributed by atoms with Crippen molar-refractivity contribution in [2.45, 2.75) is 12.1 Å². The van der Waals surface area contributed by atoms with Crippen LogP contribution in [0.5, 0.6) is 0 Å². The van der Waals surface area contributed by atoms with Crippen molar-refractivity contribution in [3.05, 3.63) is 47.3 Å². The van der Waals surface area contributed by atoms with Gasteiger partial charge in [0.2, 0.25) is 5.91 Å². The quantitative estimate of drug-likeness (QED) is 0.615. The lowest BCUT2D eigenvalue weighted by molar-refractivity contribution is -0.132. The number of ether oxygens (including phenoxy) is 1. The van der Waals surface area contributed by atoms with E-state index in [0.717, 1.165) is 21.5 Å². The van der Waals surface area contributed by atoms with E-state index in [4.69, 9.17) is 4.74 Å². The summed E-state index contributed by atoms with van der Waals surface area (Å²) < 4.78 is 7.36. The summed E-state index contributed by atoms with van der Waals surface area (Å²) >= 11 is 3.06. The molecule has 3 heterocycles. The van der Waals surface area contributed by atoms with E-state index in [0.29, 0.717) is 32.1 Å². The van der Waals surface area contributed by atoms with Gasteiger partial charge in [-0.2, -0.15) is 0 Å². The molecule has 140 valence electrons. The predicted octanol–water partition coefficient (Wildman–Crippen LogP) is 3.26. The summed E-state index contributed by atoms with van der Waals surface area (Å²) in [5, 5.41) is 11.5. The molecular formula is C19H20N4O2S2. The van der Waals surface area contributed by atoms with Crippen molar-refractivity contribution in [2.75, 3.05) is 32.1 Å². The van der Waals surface area contributed by atoms with Gasteiger partial charge in [-0.3, -0.25) is 9.36 Å². The number of thiophene rings is 1. The normalized spacial score (nSPS) is 14.5. The maximum atomic E-state index is 12.5. The number of morpholine rings is 1. The Kier molecular flexibility index (Phi) is 5.56. The monoisotopic (exact) mass is 400 g/mol. The van der Waals surface area contributed by atoms with Crippen LogP contribution in [0.25, 0.3) is 16.4 Å². The van der Waals surface area contributed by atoms with Gasteiger partial charge in [0.25, 0.3) is 0 Å². The Morgan fingerprint density at radius 2 is 2.07 bits per heavy atom. The lowest BCUT2D eigenvalue weighted by Crippen LogP contribution is -2.41. The van der Waals surface area contributed by atoms with Crippen LogP contribution in [-0.4, -0.2) is 57.6 Å². The topological polar surface area (TPSA) is 60.2 Å². The second-order valence-corrected chi connectivity index (χ2v) is 8.13. The fourth-order valence-corrected chi connectivity index (χ4v) is 4.51. The summed E-state index contributed by atoms with van der Waals surface area (Å²) in [6.07, 6.45) is 0. The van der Waals surface area contributed by atoms with E-state index in [9.17, 15) is 4.79 Å². The molecule has 1 amide bonds. The van der Waals surface area contributed by atoms with Crippen LogP contribution in [0.2, 0.25) is 0 Å². The Labute approximate surface area is 166 Å². The first kappa shape index (κ1) is 18.2. The lowest BCUT2D eigenvalue weighted by atomic mass is 10.2. The van der Waals surface area contributed by atoms with Crippen molar-refractivity contribution in [1.29, 1.82) is 0 Å². The summed E-state index contributed by atoms with van der Waals surface area (Å²) in [5.74, 6) is 1.26. The second kappa shape index (κ2) is 8.24. The molecule has 0 saturated carbocycles. The number of carbonyl (C=O) groups is 1. The number of hydrogen-bond acceptors (Lipinski definition) is 6. The van der Waals surface area contributed by atoms with Crippen molar-refractivity contribution < 1.29 is 9.53 Å². The number of thioether (sulfide) groups is 1. The number of hydrogen-bond donors (Lipinski definition) is 0. The second-order valence-electron chi connectivity index (χ2n) is 6.24. The molecule has 1 aliphatic rings. The highest BCUT2D eigenvalue weighted by atomic mass is 32.2. The van der Waals surface area contributed by atoms with E-state index < -0.39 is 0 Å². The zero-order chi connectivity index (χ0) is 18.6. The molecule has 0 unspecified atom stereocenters. The van der Waals surface area contributed by atoms with Crippen LogP contribution in [0, 0.1) is 6.92 Å².